The molecule has 1 unspecified atom stereocenters. The van der Waals surface area contributed by atoms with Gasteiger partial charge < -0.3 is 4.74 Å². The van der Waals surface area contributed by atoms with Gasteiger partial charge in [-0.05, 0) is 42.9 Å². The third-order valence-electron chi connectivity index (χ3n) is 4.63. The molecule has 0 bridgehead atoms. The minimum absolute atomic E-state index is 0.0134. The van der Waals surface area contributed by atoms with Crippen LogP contribution < -0.4 is 4.90 Å². The molecular weight excluding hydrogens is 397 g/mol. The van der Waals surface area contributed by atoms with Crippen molar-refractivity contribution in [3.63, 3.8) is 0 Å². The number of carbonyl (C=O) groups is 1. The Morgan fingerprint density at radius 2 is 2.04 bits per heavy atom. The van der Waals surface area contributed by atoms with Crippen LogP contribution in [0.1, 0.15) is 37.8 Å². The Morgan fingerprint density at radius 3 is 2.73 bits per heavy atom. The molecule has 1 heterocycles. The van der Waals surface area contributed by atoms with E-state index in [9.17, 15) is 9.18 Å². The molecule has 0 radical (unpaired) electrons. The van der Waals surface area contributed by atoms with Crippen molar-refractivity contribution < 1.29 is 13.9 Å². The minimum Gasteiger partial charge on any atom is -0.444 e. The van der Waals surface area contributed by atoms with Crippen LogP contribution in [0.4, 0.5) is 14.9 Å². The molecule has 0 fully saturated rings. The molecule has 0 saturated heterocycles. The number of carbonyl (C=O) groups excluding carboxylic acids is 1. The number of rotatable bonds is 4. The monoisotopic (exact) mass is 419 g/mol. The van der Waals surface area contributed by atoms with E-state index in [1.165, 1.54) is 6.07 Å². The van der Waals surface area contributed by atoms with Crippen LogP contribution in [-0.4, -0.2) is 12.1 Å². The SMILES string of the molecule is CC(C)CC1CCc2c(F)cc(Br)cc2N1C(=O)OCc1ccccc1. The van der Waals surface area contributed by atoms with E-state index in [2.05, 4.69) is 29.8 Å². The molecule has 26 heavy (non-hydrogen) atoms. The van der Waals surface area contributed by atoms with Crippen LogP contribution in [0.15, 0.2) is 46.9 Å². The van der Waals surface area contributed by atoms with E-state index < -0.39 is 6.09 Å². The fraction of sp³-hybridized carbons (Fsp3) is 0.381. The molecule has 0 aliphatic carbocycles. The Hall–Kier alpha value is -1.88. The fourth-order valence-electron chi connectivity index (χ4n) is 3.49. The molecule has 1 atom stereocenters. The lowest BCUT2D eigenvalue weighted by Crippen LogP contribution is -2.45. The van der Waals surface area contributed by atoms with Crippen molar-refractivity contribution >= 4 is 27.7 Å². The maximum absolute atomic E-state index is 14.4. The maximum Gasteiger partial charge on any atom is 0.414 e. The number of amides is 1. The van der Waals surface area contributed by atoms with Crippen molar-refractivity contribution in [2.24, 2.45) is 5.92 Å². The highest BCUT2D eigenvalue weighted by Gasteiger charge is 2.34. The average Bonchev–Trinajstić information content (AvgIpc) is 2.59. The predicted octanol–water partition coefficient (Wildman–Crippen LogP) is 6.09. The summed E-state index contributed by atoms with van der Waals surface area (Å²) in [7, 11) is 0. The topological polar surface area (TPSA) is 29.5 Å². The van der Waals surface area contributed by atoms with Crippen molar-refractivity contribution in [3.05, 3.63) is 63.9 Å². The van der Waals surface area contributed by atoms with Crippen LogP contribution in [-0.2, 0) is 17.8 Å². The molecule has 0 aromatic heterocycles. The molecule has 2 aromatic rings. The summed E-state index contributed by atoms with van der Waals surface area (Å²) < 4.78 is 20.6. The number of nitrogens with zero attached hydrogens (tertiary/aromatic N) is 1. The quantitative estimate of drug-likeness (QED) is 0.599. The van der Waals surface area contributed by atoms with Gasteiger partial charge >= 0.3 is 6.09 Å². The van der Waals surface area contributed by atoms with Gasteiger partial charge in [0.1, 0.15) is 12.4 Å². The molecular formula is C21H23BrFNO2. The van der Waals surface area contributed by atoms with Crippen molar-refractivity contribution in [2.75, 3.05) is 4.90 Å². The zero-order valence-electron chi connectivity index (χ0n) is 15.0. The Morgan fingerprint density at radius 1 is 1.31 bits per heavy atom. The molecule has 0 saturated carbocycles. The third kappa shape index (κ3) is 4.26. The van der Waals surface area contributed by atoms with E-state index in [-0.39, 0.29) is 18.5 Å². The molecule has 3 rings (SSSR count). The Bertz CT molecular complexity index is 779. The van der Waals surface area contributed by atoms with Crippen molar-refractivity contribution in [3.8, 4) is 0 Å². The first-order valence-electron chi connectivity index (χ1n) is 8.93. The normalized spacial score (nSPS) is 16.5. The average molecular weight is 420 g/mol. The summed E-state index contributed by atoms with van der Waals surface area (Å²) in [5.41, 5.74) is 2.13. The summed E-state index contributed by atoms with van der Waals surface area (Å²) in [5.74, 6) is 0.154. The number of benzene rings is 2. The van der Waals surface area contributed by atoms with Crippen LogP contribution >= 0.6 is 15.9 Å². The molecule has 2 aromatic carbocycles. The van der Waals surface area contributed by atoms with Gasteiger partial charge in [-0.15, -0.1) is 0 Å². The second-order valence-electron chi connectivity index (χ2n) is 7.12. The largest absolute Gasteiger partial charge is 0.444 e. The van der Waals surface area contributed by atoms with E-state index in [4.69, 9.17) is 4.74 Å². The summed E-state index contributed by atoms with van der Waals surface area (Å²) >= 11 is 3.35. The molecule has 1 aliphatic rings. The summed E-state index contributed by atoms with van der Waals surface area (Å²) in [4.78, 5) is 14.6. The Labute approximate surface area is 162 Å². The van der Waals surface area contributed by atoms with E-state index in [1.807, 2.05) is 36.4 Å². The zero-order valence-corrected chi connectivity index (χ0v) is 16.6. The van der Waals surface area contributed by atoms with Gasteiger partial charge in [-0.2, -0.15) is 0 Å². The Kier molecular flexibility index (Phi) is 5.97. The van der Waals surface area contributed by atoms with Gasteiger partial charge in [0.25, 0.3) is 0 Å². The third-order valence-corrected chi connectivity index (χ3v) is 5.09. The van der Waals surface area contributed by atoms with E-state index >= 15 is 0 Å². The Balaban J connectivity index is 1.88. The molecule has 3 nitrogen and oxygen atoms in total. The van der Waals surface area contributed by atoms with Crippen LogP contribution in [0.5, 0.6) is 0 Å². The number of fused-ring (bicyclic) bond motifs is 1. The first-order valence-corrected chi connectivity index (χ1v) is 9.73. The summed E-state index contributed by atoms with van der Waals surface area (Å²) in [5, 5.41) is 0. The first-order chi connectivity index (χ1) is 12.5. The highest BCUT2D eigenvalue weighted by Crippen LogP contribution is 2.37. The lowest BCUT2D eigenvalue weighted by Gasteiger charge is -2.37. The van der Waals surface area contributed by atoms with Gasteiger partial charge in [-0.3, -0.25) is 4.90 Å². The van der Waals surface area contributed by atoms with Crippen molar-refractivity contribution in [2.45, 2.75) is 45.8 Å². The van der Waals surface area contributed by atoms with Gasteiger partial charge in [0.05, 0.1) is 5.69 Å². The van der Waals surface area contributed by atoms with E-state index in [1.54, 1.807) is 4.90 Å². The van der Waals surface area contributed by atoms with Crippen molar-refractivity contribution in [1.82, 2.24) is 0 Å². The maximum atomic E-state index is 14.4. The van der Waals surface area contributed by atoms with Gasteiger partial charge in [-0.1, -0.05) is 60.1 Å². The van der Waals surface area contributed by atoms with Gasteiger partial charge in [0.15, 0.2) is 0 Å². The lowest BCUT2D eigenvalue weighted by molar-refractivity contribution is 0.142. The number of anilines is 1. The van der Waals surface area contributed by atoms with Crippen molar-refractivity contribution in [1.29, 1.82) is 0 Å². The van der Waals surface area contributed by atoms with Gasteiger partial charge in [-0.25, -0.2) is 9.18 Å². The van der Waals surface area contributed by atoms with E-state index in [0.717, 1.165) is 18.4 Å². The fourth-order valence-corrected chi connectivity index (χ4v) is 3.91. The lowest BCUT2D eigenvalue weighted by atomic mass is 9.90. The van der Waals surface area contributed by atoms with Gasteiger partial charge in [0.2, 0.25) is 0 Å². The zero-order chi connectivity index (χ0) is 18.7. The highest BCUT2D eigenvalue weighted by molar-refractivity contribution is 9.10. The second kappa shape index (κ2) is 8.21. The molecule has 0 spiro atoms. The molecule has 1 aliphatic heterocycles. The van der Waals surface area contributed by atoms with Crippen LogP contribution in [0, 0.1) is 11.7 Å². The summed E-state index contributed by atoms with van der Waals surface area (Å²) in [6.45, 7) is 4.46. The standard InChI is InChI=1S/C21H23BrFNO2/c1-14(2)10-17-8-9-18-19(23)11-16(22)12-20(18)24(17)21(25)26-13-15-6-4-3-5-7-15/h3-7,11-12,14,17H,8-10,13H2,1-2H3. The molecule has 1 amide bonds. The minimum atomic E-state index is -0.419. The van der Waals surface area contributed by atoms with E-state index in [0.29, 0.717) is 28.1 Å². The molecule has 138 valence electrons. The summed E-state index contributed by atoms with van der Waals surface area (Å²) in [6.07, 6.45) is 1.81. The highest BCUT2D eigenvalue weighted by atomic mass is 79.9. The van der Waals surface area contributed by atoms with Crippen LogP contribution in [0.25, 0.3) is 0 Å². The first kappa shape index (κ1) is 18.9. The molecule has 5 heteroatoms. The number of hydrogen-bond acceptors (Lipinski definition) is 2. The smallest absolute Gasteiger partial charge is 0.414 e. The second-order valence-corrected chi connectivity index (χ2v) is 8.03. The van der Waals surface area contributed by atoms with Crippen LogP contribution in [0.2, 0.25) is 0 Å². The number of halogens is 2. The number of ether oxygens (including phenoxy) is 1. The number of hydrogen-bond donors (Lipinski definition) is 0. The predicted molar refractivity (Wildman–Crippen MR) is 105 cm³/mol. The summed E-state index contributed by atoms with van der Waals surface area (Å²) in [6, 6.07) is 12.9. The van der Waals surface area contributed by atoms with Gasteiger partial charge in [0, 0.05) is 16.1 Å². The molecule has 0 N–H and O–H groups in total. The van der Waals surface area contributed by atoms with Crippen LogP contribution in [0.3, 0.4) is 0 Å².